The Labute approximate surface area is 119 Å². The van der Waals surface area contributed by atoms with Crippen LogP contribution in [0.15, 0.2) is 12.3 Å². The Morgan fingerprint density at radius 1 is 1.45 bits per heavy atom. The van der Waals surface area contributed by atoms with Gasteiger partial charge in [-0.3, -0.25) is 9.78 Å². The number of aromatic nitrogens is 1. The average Bonchev–Trinajstić information content (AvgIpc) is 2.26. The molecule has 6 nitrogen and oxygen atoms in total. The number of hydrogen-bond donors (Lipinski definition) is 2. The van der Waals surface area contributed by atoms with E-state index in [2.05, 4.69) is 15.6 Å². The van der Waals surface area contributed by atoms with Crippen LogP contribution in [0.4, 0.5) is 5.69 Å². The second kappa shape index (κ2) is 6.69. The zero-order chi connectivity index (χ0) is 15.3. The Hall–Kier alpha value is -1.63. The zero-order valence-electron chi connectivity index (χ0n) is 12.2. The van der Waals surface area contributed by atoms with E-state index in [4.69, 9.17) is 0 Å². The molecule has 112 valence electrons. The van der Waals surface area contributed by atoms with Gasteiger partial charge in [-0.05, 0) is 26.8 Å². The zero-order valence-corrected chi connectivity index (χ0v) is 13.0. The summed E-state index contributed by atoms with van der Waals surface area (Å²) in [5.41, 5.74) is 1.92. The van der Waals surface area contributed by atoms with Gasteiger partial charge >= 0.3 is 0 Å². The molecule has 1 rings (SSSR count). The highest BCUT2D eigenvalue weighted by Crippen LogP contribution is 2.15. The van der Waals surface area contributed by atoms with Gasteiger partial charge in [0.1, 0.15) is 9.84 Å². The fourth-order valence-corrected chi connectivity index (χ4v) is 2.87. The summed E-state index contributed by atoms with van der Waals surface area (Å²) in [5.74, 6) is -0.418. The van der Waals surface area contributed by atoms with Crippen molar-refractivity contribution in [2.75, 3.05) is 23.9 Å². The van der Waals surface area contributed by atoms with E-state index in [9.17, 15) is 13.2 Å². The molecule has 1 unspecified atom stereocenters. The molecule has 0 aromatic carbocycles. The summed E-state index contributed by atoms with van der Waals surface area (Å²) in [5, 5.41) is 5.77. The van der Waals surface area contributed by atoms with E-state index in [0.29, 0.717) is 17.8 Å². The van der Waals surface area contributed by atoms with Crippen LogP contribution in [0.1, 0.15) is 29.9 Å². The minimum Gasteiger partial charge on any atom is -0.385 e. The number of aryl methyl sites for hydroxylation is 1. The topological polar surface area (TPSA) is 88.2 Å². The minimum absolute atomic E-state index is 0.0887. The highest BCUT2D eigenvalue weighted by Gasteiger charge is 2.17. The molecule has 1 amide bonds. The number of anilines is 1. The second-order valence-corrected chi connectivity index (χ2v) is 7.05. The van der Waals surface area contributed by atoms with Gasteiger partial charge in [-0.25, -0.2) is 8.42 Å². The first kappa shape index (κ1) is 16.4. The van der Waals surface area contributed by atoms with Crippen molar-refractivity contribution in [1.82, 2.24) is 10.3 Å². The minimum atomic E-state index is -3.12. The van der Waals surface area contributed by atoms with E-state index in [-0.39, 0.29) is 11.7 Å². The maximum atomic E-state index is 12.2. The summed E-state index contributed by atoms with van der Waals surface area (Å²) < 4.78 is 22.4. The molecule has 0 fully saturated rings. The van der Waals surface area contributed by atoms with Crippen LogP contribution >= 0.6 is 0 Å². The van der Waals surface area contributed by atoms with E-state index < -0.39 is 15.9 Å². The summed E-state index contributed by atoms with van der Waals surface area (Å²) in [6.45, 7) is 6.12. The Balaban J connectivity index is 2.87. The molecular weight excluding hydrogens is 278 g/mol. The Bertz CT molecular complexity index is 585. The third-order valence-corrected chi connectivity index (χ3v) is 3.69. The number of nitrogens with zero attached hydrogens (tertiary/aromatic N) is 1. The van der Waals surface area contributed by atoms with E-state index in [1.165, 1.54) is 6.20 Å². The number of hydrogen-bond acceptors (Lipinski definition) is 5. The van der Waals surface area contributed by atoms with Crippen molar-refractivity contribution in [2.45, 2.75) is 26.8 Å². The van der Waals surface area contributed by atoms with E-state index in [1.807, 2.05) is 13.8 Å². The second-order valence-electron chi connectivity index (χ2n) is 4.87. The molecule has 1 aromatic heterocycles. The summed E-state index contributed by atoms with van der Waals surface area (Å²) in [6, 6.07) is 1.34. The van der Waals surface area contributed by atoms with Gasteiger partial charge in [0.25, 0.3) is 5.91 Å². The third kappa shape index (κ3) is 5.16. The van der Waals surface area contributed by atoms with Gasteiger partial charge in [-0.2, -0.15) is 0 Å². The molecule has 0 radical (unpaired) electrons. The van der Waals surface area contributed by atoms with Crippen LogP contribution in [-0.4, -0.2) is 43.9 Å². The van der Waals surface area contributed by atoms with Crippen molar-refractivity contribution in [2.24, 2.45) is 0 Å². The first-order chi connectivity index (χ1) is 9.23. The summed E-state index contributed by atoms with van der Waals surface area (Å²) >= 11 is 0. The van der Waals surface area contributed by atoms with Crippen molar-refractivity contribution in [1.29, 1.82) is 0 Å². The number of nitrogens with one attached hydrogen (secondary N) is 2. The summed E-state index contributed by atoms with van der Waals surface area (Å²) in [4.78, 5) is 16.3. The monoisotopic (exact) mass is 299 g/mol. The van der Waals surface area contributed by atoms with Crippen LogP contribution < -0.4 is 10.6 Å². The lowest BCUT2D eigenvalue weighted by Gasteiger charge is -2.15. The van der Waals surface area contributed by atoms with Gasteiger partial charge in [0.2, 0.25) is 0 Å². The van der Waals surface area contributed by atoms with Crippen molar-refractivity contribution in [3.8, 4) is 0 Å². The molecule has 0 bridgehead atoms. The van der Waals surface area contributed by atoms with Crippen molar-refractivity contribution >= 4 is 21.4 Å². The molecule has 0 aliphatic carbocycles. The van der Waals surface area contributed by atoms with E-state index in [1.54, 1.807) is 13.0 Å². The summed E-state index contributed by atoms with van der Waals surface area (Å²) in [7, 11) is -3.12. The van der Waals surface area contributed by atoms with Crippen LogP contribution in [0.25, 0.3) is 0 Å². The number of carbonyl (C=O) groups is 1. The lowest BCUT2D eigenvalue weighted by molar-refractivity contribution is 0.0944. The largest absolute Gasteiger partial charge is 0.385 e. The number of pyridine rings is 1. The molecule has 1 atom stereocenters. The number of carbonyl (C=O) groups excluding carboxylic acids is 1. The van der Waals surface area contributed by atoms with E-state index in [0.717, 1.165) is 11.9 Å². The van der Waals surface area contributed by atoms with Gasteiger partial charge in [0, 0.05) is 30.7 Å². The predicted octanol–water partition coefficient (Wildman–Crippen LogP) is 0.985. The lowest BCUT2D eigenvalue weighted by atomic mass is 10.2. The van der Waals surface area contributed by atoms with Gasteiger partial charge in [0.15, 0.2) is 0 Å². The molecule has 1 heterocycles. The van der Waals surface area contributed by atoms with Gasteiger partial charge < -0.3 is 10.6 Å². The molecule has 0 aliphatic heterocycles. The van der Waals surface area contributed by atoms with Gasteiger partial charge in [0.05, 0.1) is 17.0 Å². The van der Waals surface area contributed by atoms with Gasteiger partial charge in [-0.1, -0.05) is 0 Å². The molecule has 7 heteroatoms. The first-order valence-electron chi connectivity index (χ1n) is 6.42. The van der Waals surface area contributed by atoms with Crippen molar-refractivity contribution in [3.05, 3.63) is 23.5 Å². The number of rotatable bonds is 6. The SMILES string of the molecule is CCNc1cc(C)ncc1C(=O)NC(C)CS(C)(=O)=O. The fourth-order valence-electron chi connectivity index (χ4n) is 1.87. The Kier molecular flexibility index (Phi) is 5.50. The van der Waals surface area contributed by atoms with Crippen LogP contribution in [-0.2, 0) is 9.84 Å². The lowest BCUT2D eigenvalue weighted by Crippen LogP contribution is -2.37. The maximum absolute atomic E-state index is 12.2. The molecule has 0 saturated carbocycles. The molecular formula is C13H21N3O3S. The maximum Gasteiger partial charge on any atom is 0.255 e. The van der Waals surface area contributed by atoms with Gasteiger partial charge in [-0.15, -0.1) is 0 Å². The predicted molar refractivity (Wildman–Crippen MR) is 79.8 cm³/mol. The fraction of sp³-hybridized carbons (Fsp3) is 0.538. The van der Waals surface area contributed by atoms with Crippen LogP contribution in [0.3, 0.4) is 0 Å². The highest BCUT2D eigenvalue weighted by molar-refractivity contribution is 7.90. The van der Waals surface area contributed by atoms with Crippen molar-refractivity contribution in [3.63, 3.8) is 0 Å². The van der Waals surface area contributed by atoms with Crippen molar-refractivity contribution < 1.29 is 13.2 Å². The standard InChI is InChI=1S/C13H21N3O3S/c1-5-14-12-6-9(2)15-7-11(12)13(17)16-10(3)8-20(4,18)19/h6-7,10H,5,8H2,1-4H3,(H,14,15)(H,16,17). The third-order valence-electron chi connectivity index (χ3n) is 2.58. The molecule has 0 aliphatic rings. The average molecular weight is 299 g/mol. The number of sulfone groups is 1. The Morgan fingerprint density at radius 2 is 2.10 bits per heavy atom. The summed E-state index contributed by atoms with van der Waals surface area (Å²) in [6.07, 6.45) is 2.64. The van der Waals surface area contributed by atoms with Crippen LogP contribution in [0.5, 0.6) is 0 Å². The number of amides is 1. The molecule has 0 spiro atoms. The Morgan fingerprint density at radius 3 is 2.65 bits per heavy atom. The molecule has 1 aromatic rings. The molecule has 20 heavy (non-hydrogen) atoms. The normalized spacial score (nSPS) is 12.8. The molecule has 2 N–H and O–H groups in total. The first-order valence-corrected chi connectivity index (χ1v) is 8.48. The smallest absolute Gasteiger partial charge is 0.255 e. The highest BCUT2D eigenvalue weighted by atomic mass is 32.2. The quantitative estimate of drug-likeness (QED) is 0.817. The van der Waals surface area contributed by atoms with Crippen LogP contribution in [0, 0.1) is 6.92 Å². The van der Waals surface area contributed by atoms with Crippen LogP contribution in [0.2, 0.25) is 0 Å². The molecule has 0 saturated heterocycles. The van der Waals surface area contributed by atoms with E-state index >= 15 is 0 Å².